The van der Waals surface area contributed by atoms with Gasteiger partial charge >= 0.3 is 0 Å². The van der Waals surface area contributed by atoms with E-state index in [1.807, 2.05) is 72.5 Å². The first-order chi connectivity index (χ1) is 16.6. The van der Waals surface area contributed by atoms with Crippen LogP contribution in [0.15, 0.2) is 78.6 Å². The summed E-state index contributed by atoms with van der Waals surface area (Å²) in [6, 6.07) is 20.7. The van der Waals surface area contributed by atoms with Crippen LogP contribution in [0.4, 0.5) is 11.5 Å². The number of rotatable bonds is 5. The van der Waals surface area contributed by atoms with E-state index < -0.39 is 0 Å². The first-order valence-corrected chi connectivity index (χ1v) is 11.3. The van der Waals surface area contributed by atoms with Gasteiger partial charge in [-0.25, -0.2) is 9.88 Å². The third-order valence-corrected chi connectivity index (χ3v) is 6.26. The highest BCUT2D eigenvalue weighted by molar-refractivity contribution is 6.45. The summed E-state index contributed by atoms with van der Waals surface area (Å²) in [7, 11) is 1.57. The van der Waals surface area contributed by atoms with E-state index >= 15 is 0 Å². The number of aromatic nitrogens is 1. The Hall–Kier alpha value is -4.13. The number of piperazine rings is 1. The molecule has 5 rings (SSSR count). The molecule has 0 atom stereocenters. The highest BCUT2D eigenvalue weighted by atomic mass is 16.5. The molecule has 2 aliphatic rings. The largest absolute Gasteiger partial charge is 0.496 e. The van der Waals surface area contributed by atoms with Crippen molar-refractivity contribution in [1.29, 1.82) is 0 Å². The number of hydrogen-bond acceptors (Lipinski definition) is 6. The molecular weight excluding hydrogens is 428 g/mol. The number of para-hydroxylation sites is 1. The standard InChI is InChI=1S/C27H26N4O3/c1-19-8-7-9-20(18-19)31-26(32)24(21-10-3-4-11-22(21)34-2)25(27(31)33)30-16-14-29(15-17-30)23-12-5-6-13-28-23/h3-13,18H,14-17H2,1-2H3. The van der Waals surface area contributed by atoms with Gasteiger partial charge in [-0.2, -0.15) is 0 Å². The first kappa shape index (κ1) is 21.7. The van der Waals surface area contributed by atoms with Crippen LogP contribution in [0.5, 0.6) is 5.75 Å². The Balaban J connectivity index is 1.54. The molecule has 3 heterocycles. The van der Waals surface area contributed by atoms with Crippen LogP contribution in [0.1, 0.15) is 11.1 Å². The predicted molar refractivity (Wildman–Crippen MR) is 132 cm³/mol. The molecule has 1 fully saturated rings. The Labute approximate surface area is 198 Å². The van der Waals surface area contributed by atoms with E-state index in [1.54, 1.807) is 19.4 Å². The maximum atomic E-state index is 13.8. The van der Waals surface area contributed by atoms with Crippen molar-refractivity contribution in [1.82, 2.24) is 9.88 Å². The molecule has 34 heavy (non-hydrogen) atoms. The van der Waals surface area contributed by atoms with Gasteiger partial charge < -0.3 is 14.5 Å². The lowest BCUT2D eigenvalue weighted by atomic mass is 10.0. The van der Waals surface area contributed by atoms with E-state index in [9.17, 15) is 9.59 Å². The first-order valence-electron chi connectivity index (χ1n) is 11.3. The maximum Gasteiger partial charge on any atom is 0.282 e. The fraction of sp³-hybridized carbons (Fsp3) is 0.222. The van der Waals surface area contributed by atoms with Crippen molar-refractivity contribution in [3.63, 3.8) is 0 Å². The Morgan fingerprint density at radius 1 is 0.824 bits per heavy atom. The number of imide groups is 1. The number of benzene rings is 2. The van der Waals surface area contributed by atoms with Gasteiger partial charge in [-0.05, 0) is 42.8 Å². The van der Waals surface area contributed by atoms with Crippen molar-refractivity contribution in [3.05, 3.63) is 89.8 Å². The summed E-state index contributed by atoms with van der Waals surface area (Å²) < 4.78 is 5.56. The van der Waals surface area contributed by atoms with Crippen LogP contribution in [0.25, 0.3) is 5.57 Å². The van der Waals surface area contributed by atoms with Gasteiger partial charge in [-0.15, -0.1) is 0 Å². The van der Waals surface area contributed by atoms with Crippen molar-refractivity contribution in [3.8, 4) is 5.75 Å². The normalized spacial score (nSPS) is 16.5. The second kappa shape index (κ2) is 9.02. The van der Waals surface area contributed by atoms with Crippen molar-refractivity contribution in [2.75, 3.05) is 43.1 Å². The van der Waals surface area contributed by atoms with Gasteiger partial charge in [-0.1, -0.05) is 36.4 Å². The van der Waals surface area contributed by atoms with E-state index in [-0.39, 0.29) is 11.8 Å². The third kappa shape index (κ3) is 3.79. The summed E-state index contributed by atoms with van der Waals surface area (Å²) in [4.78, 5) is 37.5. The molecule has 7 nitrogen and oxygen atoms in total. The van der Waals surface area contributed by atoms with Gasteiger partial charge in [0.05, 0.1) is 18.4 Å². The molecule has 0 aliphatic carbocycles. The molecule has 0 radical (unpaired) electrons. The summed E-state index contributed by atoms with van der Waals surface area (Å²) in [6.45, 7) is 4.55. The average Bonchev–Trinajstić information content (AvgIpc) is 3.14. The van der Waals surface area contributed by atoms with Gasteiger partial charge in [0.1, 0.15) is 17.3 Å². The number of hydrogen-bond donors (Lipinski definition) is 0. The topological polar surface area (TPSA) is 66.0 Å². The van der Waals surface area contributed by atoms with Crippen LogP contribution < -0.4 is 14.5 Å². The molecule has 0 bridgehead atoms. The average molecular weight is 455 g/mol. The smallest absolute Gasteiger partial charge is 0.282 e. The van der Waals surface area contributed by atoms with Gasteiger partial charge in [-0.3, -0.25) is 9.59 Å². The molecular formula is C27H26N4O3. The zero-order valence-electron chi connectivity index (χ0n) is 19.3. The molecule has 3 aromatic rings. The Kier molecular flexibility index (Phi) is 5.76. The fourth-order valence-corrected chi connectivity index (χ4v) is 4.61. The summed E-state index contributed by atoms with van der Waals surface area (Å²) in [5.41, 5.74) is 2.99. The molecule has 0 N–H and O–H groups in total. The number of carbonyl (C=O) groups is 2. The van der Waals surface area contributed by atoms with Crippen molar-refractivity contribution < 1.29 is 14.3 Å². The molecule has 1 saturated heterocycles. The Bertz CT molecular complexity index is 1260. The Morgan fingerprint density at radius 2 is 1.56 bits per heavy atom. The zero-order chi connectivity index (χ0) is 23.7. The minimum absolute atomic E-state index is 0.303. The number of ether oxygens (including phenoxy) is 1. The summed E-state index contributed by atoms with van der Waals surface area (Å²) in [5.74, 6) is 0.843. The Morgan fingerprint density at radius 3 is 2.26 bits per heavy atom. The van der Waals surface area contributed by atoms with Gasteiger partial charge in [0.2, 0.25) is 0 Å². The zero-order valence-corrected chi connectivity index (χ0v) is 19.3. The number of aryl methyl sites for hydroxylation is 1. The van der Waals surface area contributed by atoms with Crippen molar-refractivity contribution >= 4 is 28.9 Å². The number of anilines is 2. The quantitative estimate of drug-likeness (QED) is 0.550. The molecule has 1 aromatic heterocycles. The minimum atomic E-state index is -0.331. The molecule has 0 unspecified atom stereocenters. The number of carbonyl (C=O) groups excluding carboxylic acids is 2. The fourth-order valence-electron chi connectivity index (χ4n) is 4.61. The lowest BCUT2D eigenvalue weighted by molar-refractivity contribution is -0.120. The molecule has 2 amide bonds. The second-order valence-corrected chi connectivity index (χ2v) is 8.37. The molecule has 7 heteroatoms. The molecule has 2 aromatic carbocycles. The molecule has 2 aliphatic heterocycles. The van der Waals surface area contributed by atoms with Crippen LogP contribution >= 0.6 is 0 Å². The molecule has 0 saturated carbocycles. The number of methoxy groups -OCH3 is 1. The van der Waals surface area contributed by atoms with E-state index in [1.165, 1.54) is 4.90 Å². The number of nitrogens with zero attached hydrogens (tertiary/aromatic N) is 4. The van der Waals surface area contributed by atoms with Crippen LogP contribution in [-0.4, -0.2) is 55.0 Å². The van der Waals surface area contributed by atoms with Gasteiger partial charge in [0, 0.05) is 37.9 Å². The van der Waals surface area contributed by atoms with Crippen LogP contribution in [0.2, 0.25) is 0 Å². The number of amides is 2. The SMILES string of the molecule is COc1ccccc1C1=C(N2CCN(c3ccccn3)CC2)C(=O)N(c2cccc(C)c2)C1=O. The number of pyridine rings is 1. The van der Waals surface area contributed by atoms with Gasteiger partial charge in [0.15, 0.2) is 0 Å². The third-order valence-electron chi connectivity index (χ3n) is 6.26. The van der Waals surface area contributed by atoms with E-state index in [4.69, 9.17) is 4.74 Å². The van der Waals surface area contributed by atoms with Crippen LogP contribution in [0, 0.1) is 6.92 Å². The monoisotopic (exact) mass is 454 g/mol. The predicted octanol–water partition coefficient (Wildman–Crippen LogP) is 3.51. The minimum Gasteiger partial charge on any atom is -0.496 e. The van der Waals surface area contributed by atoms with E-state index in [2.05, 4.69) is 9.88 Å². The van der Waals surface area contributed by atoms with Crippen molar-refractivity contribution in [2.24, 2.45) is 0 Å². The van der Waals surface area contributed by atoms with Gasteiger partial charge in [0.25, 0.3) is 11.8 Å². The second-order valence-electron chi connectivity index (χ2n) is 8.37. The van der Waals surface area contributed by atoms with Crippen LogP contribution in [0.3, 0.4) is 0 Å². The summed E-state index contributed by atoms with van der Waals surface area (Å²) in [5, 5.41) is 0. The highest BCUT2D eigenvalue weighted by Gasteiger charge is 2.44. The summed E-state index contributed by atoms with van der Waals surface area (Å²) >= 11 is 0. The lowest BCUT2D eigenvalue weighted by Gasteiger charge is -2.37. The summed E-state index contributed by atoms with van der Waals surface area (Å²) in [6.07, 6.45) is 1.78. The highest BCUT2D eigenvalue weighted by Crippen LogP contribution is 2.38. The lowest BCUT2D eigenvalue weighted by Crippen LogP contribution is -2.48. The van der Waals surface area contributed by atoms with E-state index in [0.29, 0.717) is 54.4 Å². The van der Waals surface area contributed by atoms with Crippen molar-refractivity contribution in [2.45, 2.75) is 6.92 Å². The van der Waals surface area contributed by atoms with Crippen LogP contribution in [-0.2, 0) is 9.59 Å². The molecule has 0 spiro atoms. The van der Waals surface area contributed by atoms with E-state index in [0.717, 1.165) is 11.4 Å². The molecule has 172 valence electrons. The maximum absolute atomic E-state index is 13.8.